The topological polar surface area (TPSA) is 52.1 Å². The molecule has 1 aromatic heterocycles. The van der Waals surface area contributed by atoms with Crippen molar-refractivity contribution in [3.63, 3.8) is 0 Å². The SMILES string of the molecule is C[C@@H]([NH2+]S(=O)C(C)(C)C)c1cc(B2OC(C)(C)C(C)(C)O2)cs1. The van der Waals surface area contributed by atoms with Crippen LogP contribution >= 0.6 is 11.3 Å². The van der Waals surface area contributed by atoms with Crippen molar-refractivity contribution in [1.82, 2.24) is 0 Å². The van der Waals surface area contributed by atoms with Crippen LogP contribution in [0.2, 0.25) is 0 Å². The van der Waals surface area contributed by atoms with Crippen molar-refractivity contribution < 1.29 is 18.2 Å². The molecular weight excluding hydrogens is 329 g/mol. The molecule has 0 radical (unpaired) electrons. The number of quaternary nitrogens is 1. The number of hydrogen-bond donors (Lipinski definition) is 1. The Morgan fingerprint density at radius 1 is 1.22 bits per heavy atom. The Morgan fingerprint density at radius 2 is 1.74 bits per heavy atom. The van der Waals surface area contributed by atoms with Crippen molar-refractivity contribution in [3.05, 3.63) is 16.3 Å². The van der Waals surface area contributed by atoms with E-state index >= 15 is 0 Å². The van der Waals surface area contributed by atoms with Crippen LogP contribution in [0.4, 0.5) is 0 Å². The van der Waals surface area contributed by atoms with Crippen LogP contribution < -0.4 is 10.2 Å². The van der Waals surface area contributed by atoms with Gasteiger partial charge in [0, 0.05) is 0 Å². The molecule has 1 aliphatic heterocycles. The summed E-state index contributed by atoms with van der Waals surface area (Å²) >= 11 is 1.67. The molecule has 2 atom stereocenters. The second-order valence-electron chi connectivity index (χ2n) is 8.21. The average molecular weight is 358 g/mol. The van der Waals surface area contributed by atoms with Gasteiger partial charge in [0.15, 0.2) is 0 Å². The smallest absolute Gasteiger partial charge is 0.399 e. The first-order valence-electron chi connectivity index (χ1n) is 8.03. The monoisotopic (exact) mass is 358 g/mol. The van der Waals surface area contributed by atoms with E-state index < -0.39 is 11.0 Å². The Balaban J connectivity index is 2.09. The van der Waals surface area contributed by atoms with Gasteiger partial charge in [0.2, 0.25) is 11.0 Å². The Labute approximate surface area is 147 Å². The molecule has 0 amide bonds. The highest BCUT2D eigenvalue weighted by molar-refractivity contribution is 7.79. The fourth-order valence-corrected chi connectivity index (χ4v) is 4.12. The molecule has 130 valence electrons. The third-order valence-corrected chi connectivity index (χ3v) is 7.56. The normalized spacial score (nSPS) is 23.0. The maximum atomic E-state index is 12.3. The van der Waals surface area contributed by atoms with Gasteiger partial charge in [-0.2, -0.15) is 4.21 Å². The molecule has 4 nitrogen and oxygen atoms in total. The zero-order chi connectivity index (χ0) is 17.6. The lowest BCUT2D eigenvalue weighted by molar-refractivity contribution is -0.537. The van der Waals surface area contributed by atoms with Crippen LogP contribution in [0, 0.1) is 0 Å². The first-order valence-corrected chi connectivity index (χ1v) is 10.1. The summed E-state index contributed by atoms with van der Waals surface area (Å²) in [6.07, 6.45) is 0. The van der Waals surface area contributed by atoms with Crippen LogP contribution in [0.25, 0.3) is 0 Å². The fraction of sp³-hybridized carbons (Fsp3) is 0.750. The van der Waals surface area contributed by atoms with E-state index in [0.29, 0.717) is 0 Å². The van der Waals surface area contributed by atoms with Gasteiger partial charge in [0.05, 0.1) is 20.8 Å². The summed E-state index contributed by atoms with van der Waals surface area (Å²) in [5.41, 5.74) is 0.390. The number of hydrogen-bond acceptors (Lipinski definition) is 4. The molecule has 1 saturated heterocycles. The third kappa shape index (κ3) is 4.07. The van der Waals surface area contributed by atoms with Gasteiger partial charge in [0.1, 0.15) is 6.04 Å². The van der Waals surface area contributed by atoms with Gasteiger partial charge < -0.3 is 9.31 Å². The standard InChI is InChI=1S/C16H28BNO3S2/c1-11(18-23(19)14(2,3)4)13-9-12(10-22-13)17-20-15(5,6)16(7,8)21-17/h9-11,18H,1-8H3/p+1/t11-,23?/m1/s1. The van der Waals surface area contributed by atoms with Gasteiger partial charge in [-0.3, -0.25) is 4.72 Å². The van der Waals surface area contributed by atoms with E-state index in [4.69, 9.17) is 9.31 Å². The highest BCUT2D eigenvalue weighted by atomic mass is 32.2. The molecule has 0 aliphatic carbocycles. The molecule has 7 heteroatoms. The molecule has 1 unspecified atom stereocenters. The molecule has 2 rings (SSSR count). The molecule has 1 aliphatic rings. The molecular formula is C16H29BNO3S2+. The number of nitrogens with two attached hydrogens (primary N) is 1. The van der Waals surface area contributed by atoms with Crippen LogP contribution in [0.15, 0.2) is 11.4 Å². The molecule has 0 bridgehead atoms. The molecule has 0 spiro atoms. The quantitative estimate of drug-likeness (QED) is 0.839. The van der Waals surface area contributed by atoms with E-state index in [-0.39, 0.29) is 29.1 Å². The Hall–Kier alpha value is -0.205. The predicted molar refractivity (Wildman–Crippen MR) is 98.3 cm³/mol. The first-order chi connectivity index (χ1) is 10.3. The van der Waals surface area contributed by atoms with E-state index in [2.05, 4.69) is 46.1 Å². The highest BCUT2D eigenvalue weighted by Gasteiger charge is 2.52. The molecule has 2 N–H and O–H groups in total. The molecule has 1 fully saturated rings. The lowest BCUT2D eigenvalue weighted by Gasteiger charge is -2.32. The zero-order valence-electron chi connectivity index (χ0n) is 15.4. The van der Waals surface area contributed by atoms with Crippen LogP contribution in [0.3, 0.4) is 0 Å². The zero-order valence-corrected chi connectivity index (χ0v) is 17.1. The largest absolute Gasteiger partial charge is 0.495 e. The summed E-state index contributed by atoms with van der Waals surface area (Å²) in [6, 6.07) is 2.27. The maximum absolute atomic E-state index is 12.3. The van der Waals surface area contributed by atoms with E-state index in [1.807, 2.05) is 25.5 Å². The molecule has 23 heavy (non-hydrogen) atoms. The summed E-state index contributed by atoms with van der Waals surface area (Å²) in [5.74, 6) is 0. The minimum absolute atomic E-state index is 0.149. The van der Waals surface area contributed by atoms with Gasteiger partial charge in [0.25, 0.3) is 0 Å². The minimum Gasteiger partial charge on any atom is -0.399 e. The van der Waals surface area contributed by atoms with Crippen LogP contribution in [0.1, 0.15) is 66.3 Å². The average Bonchev–Trinajstić information content (AvgIpc) is 2.92. The summed E-state index contributed by atoms with van der Waals surface area (Å²) in [4.78, 5) is 1.19. The van der Waals surface area contributed by atoms with Crippen molar-refractivity contribution in [1.29, 1.82) is 0 Å². The van der Waals surface area contributed by atoms with Crippen molar-refractivity contribution in [2.75, 3.05) is 0 Å². The summed E-state index contributed by atoms with van der Waals surface area (Å²) in [5, 5.41) is 2.09. The van der Waals surface area contributed by atoms with Gasteiger partial charge in [-0.1, -0.05) is 0 Å². The molecule has 0 aromatic carbocycles. The summed E-state index contributed by atoms with van der Waals surface area (Å²) < 4.78 is 26.2. The third-order valence-electron chi connectivity index (χ3n) is 4.55. The highest BCUT2D eigenvalue weighted by Crippen LogP contribution is 2.36. The Morgan fingerprint density at radius 3 is 2.22 bits per heavy atom. The van der Waals surface area contributed by atoms with E-state index in [0.717, 1.165) is 5.46 Å². The van der Waals surface area contributed by atoms with Crippen LogP contribution in [-0.4, -0.2) is 27.3 Å². The predicted octanol–water partition coefficient (Wildman–Crippen LogP) is 2.13. The second kappa shape index (κ2) is 6.26. The van der Waals surface area contributed by atoms with Gasteiger partial charge in [-0.25, -0.2) is 0 Å². The maximum Gasteiger partial charge on any atom is 0.495 e. The van der Waals surface area contributed by atoms with E-state index in [1.54, 1.807) is 11.3 Å². The number of rotatable bonds is 4. The summed E-state index contributed by atoms with van der Waals surface area (Å²) in [7, 11) is -1.29. The fourth-order valence-electron chi connectivity index (χ4n) is 2.17. The van der Waals surface area contributed by atoms with Crippen molar-refractivity contribution >= 4 is 34.9 Å². The Bertz CT molecular complexity index is 576. The number of thiophene rings is 1. The molecule has 1 aromatic rings. The van der Waals surface area contributed by atoms with Crippen molar-refractivity contribution in [3.8, 4) is 0 Å². The molecule has 0 saturated carbocycles. The van der Waals surface area contributed by atoms with Crippen LogP contribution in [0.5, 0.6) is 0 Å². The van der Waals surface area contributed by atoms with Gasteiger partial charge in [-0.15, -0.1) is 11.3 Å². The van der Waals surface area contributed by atoms with Crippen LogP contribution in [-0.2, 0) is 20.3 Å². The van der Waals surface area contributed by atoms with E-state index in [1.165, 1.54) is 4.88 Å². The minimum atomic E-state index is -0.966. The summed E-state index contributed by atoms with van der Waals surface area (Å²) in [6.45, 7) is 16.3. The molecule has 2 heterocycles. The lowest BCUT2D eigenvalue weighted by Crippen LogP contribution is -2.87. The van der Waals surface area contributed by atoms with Gasteiger partial charge >= 0.3 is 7.12 Å². The first kappa shape index (κ1) is 19.1. The van der Waals surface area contributed by atoms with E-state index in [9.17, 15) is 4.21 Å². The van der Waals surface area contributed by atoms with Gasteiger partial charge in [-0.05, 0) is 72.3 Å². The van der Waals surface area contributed by atoms with Crippen molar-refractivity contribution in [2.45, 2.75) is 77.4 Å². The second-order valence-corrected chi connectivity index (χ2v) is 11.2. The Kier molecular flexibility index (Phi) is 5.21. The van der Waals surface area contributed by atoms with Crippen molar-refractivity contribution in [2.24, 2.45) is 0 Å². The lowest BCUT2D eigenvalue weighted by atomic mass is 9.81.